The van der Waals surface area contributed by atoms with Crippen molar-refractivity contribution in [1.29, 1.82) is 0 Å². The first-order chi connectivity index (χ1) is 9.61. The van der Waals surface area contributed by atoms with Crippen molar-refractivity contribution >= 4 is 10.0 Å². The highest BCUT2D eigenvalue weighted by Gasteiger charge is 2.29. The fourth-order valence-corrected chi connectivity index (χ4v) is 4.52. The lowest BCUT2D eigenvalue weighted by Crippen LogP contribution is -2.37. The van der Waals surface area contributed by atoms with E-state index in [-0.39, 0.29) is 0 Å². The fourth-order valence-electron chi connectivity index (χ4n) is 2.94. The van der Waals surface area contributed by atoms with Crippen LogP contribution in [-0.2, 0) is 23.1 Å². The molecule has 0 bridgehead atoms. The number of hydrogen-bond donors (Lipinski definition) is 1. The molecule has 110 valence electrons. The van der Waals surface area contributed by atoms with Crippen LogP contribution in [-0.4, -0.2) is 25.8 Å². The SMILES string of the molecule is CCN(CC1CCC1)S(=O)(=O)c1ccc2c(c1)CNC2. The van der Waals surface area contributed by atoms with Gasteiger partial charge in [0.25, 0.3) is 0 Å². The van der Waals surface area contributed by atoms with E-state index in [1.807, 2.05) is 19.1 Å². The van der Waals surface area contributed by atoms with E-state index in [1.54, 1.807) is 10.4 Å². The molecule has 1 saturated carbocycles. The van der Waals surface area contributed by atoms with Gasteiger partial charge in [0.1, 0.15) is 0 Å². The van der Waals surface area contributed by atoms with E-state index in [1.165, 1.54) is 24.8 Å². The molecule has 5 heteroatoms. The molecule has 0 amide bonds. The highest BCUT2D eigenvalue weighted by molar-refractivity contribution is 7.89. The minimum Gasteiger partial charge on any atom is -0.309 e. The Morgan fingerprint density at radius 2 is 2.00 bits per heavy atom. The maximum absolute atomic E-state index is 12.7. The van der Waals surface area contributed by atoms with Gasteiger partial charge in [-0.1, -0.05) is 19.4 Å². The Labute approximate surface area is 121 Å². The van der Waals surface area contributed by atoms with E-state index in [0.717, 1.165) is 18.7 Å². The fraction of sp³-hybridized carbons (Fsp3) is 0.600. The third-order valence-electron chi connectivity index (χ3n) is 4.49. The second kappa shape index (κ2) is 5.47. The quantitative estimate of drug-likeness (QED) is 0.905. The van der Waals surface area contributed by atoms with Gasteiger partial charge in [0, 0.05) is 26.2 Å². The zero-order valence-corrected chi connectivity index (χ0v) is 12.7. The van der Waals surface area contributed by atoms with E-state index < -0.39 is 10.0 Å². The average molecular weight is 294 g/mol. The summed E-state index contributed by atoms with van der Waals surface area (Å²) < 4.78 is 27.1. The summed E-state index contributed by atoms with van der Waals surface area (Å²) in [7, 11) is -3.34. The van der Waals surface area contributed by atoms with Crippen molar-refractivity contribution < 1.29 is 8.42 Å². The summed E-state index contributed by atoms with van der Waals surface area (Å²) in [5, 5.41) is 3.25. The van der Waals surface area contributed by atoms with Crippen LogP contribution in [0.15, 0.2) is 23.1 Å². The summed E-state index contributed by atoms with van der Waals surface area (Å²) >= 11 is 0. The van der Waals surface area contributed by atoms with E-state index in [9.17, 15) is 8.42 Å². The van der Waals surface area contributed by atoms with Gasteiger partial charge in [-0.05, 0) is 42.0 Å². The molecule has 1 heterocycles. The van der Waals surface area contributed by atoms with Crippen LogP contribution in [0.3, 0.4) is 0 Å². The average Bonchev–Trinajstić information content (AvgIpc) is 2.84. The Hall–Kier alpha value is -0.910. The highest BCUT2D eigenvalue weighted by Crippen LogP contribution is 2.29. The lowest BCUT2D eigenvalue weighted by molar-refractivity contribution is 0.250. The Morgan fingerprint density at radius 1 is 1.25 bits per heavy atom. The number of nitrogens with one attached hydrogen (secondary N) is 1. The largest absolute Gasteiger partial charge is 0.309 e. The summed E-state index contributed by atoms with van der Waals surface area (Å²) in [6.07, 6.45) is 3.58. The summed E-state index contributed by atoms with van der Waals surface area (Å²) in [5.41, 5.74) is 2.33. The molecule has 20 heavy (non-hydrogen) atoms. The van der Waals surface area contributed by atoms with Gasteiger partial charge >= 0.3 is 0 Å². The molecule has 1 aromatic rings. The second-order valence-electron chi connectivity index (χ2n) is 5.79. The highest BCUT2D eigenvalue weighted by atomic mass is 32.2. The molecule has 0 spiro atoms. The van der Waals surface area contributed by atoms with E-state index in [0.29, 0.717) is 23.9 Å². The number of rotatable bonds is 5. The van der Waals surface area contributed by atoms with Crippen molar-refractivity contribution in [2.75, 3.05) is 13.1 Å². The Bertz CT molecular complexity index is 594. The number of sulfonamides is 1. The number of benzene rings is 1. The molecule has 0 radical (unpaired) electrons. The zero-order valence-electron chi connectivity index (χ0n) is 11.9. The van der Waals surface area contributed by atoms with Gasteiger partial charge in [0.15, 0.2) is 0 Å². The molecular weight excluding hydrogens is 272 g/mol. The lowest BCUT2D eigenvalue weighted by Gasteiger charge is -2.31. The Balaban J connectivity index is 1.85. The molecule has 1 fully saturated rings. The molecule has 0 unspecified atom stereocenters. The monoisotopic (exact) mass is 294 g/mol. The summed E-state index contributed by atoms with van der Waals surface area (Å²) in [6.45, 7) is 4.76. The minimum atomic E-state index is -3.34. The van der Waals surface area contributed by atoms with Gasteiger partial charge in [0.2, 0.25) is 10.0 Å². The van der Waals surface area contributed by atoms with Crippen molar-refractivity contribution in [3.8, 4) is 0 Å². The summed E-state index contributed by atoms with van der Waals surface area (Å²) in [6, 6.07) is 5.54. The topological polar surface area (TPSA) is 49.4 Å². The van der Waals surface area contributed by atoms with Gasteiger partial charge in [0.05, 0.1) is 4.90 Å². The predicted octanol–water partition coefficient (Wildman–Crippen LogP) is 2.10. The molecule has 0 aromatic heterocycles. The van der Waals surface area contributed by atoms with E-state index in [4.69, 9.17) is 0 Å². The van der Waals surface area contributed by atoms with E-state index >= 15 is 0 Å². The molecule has 4 nitrogen and oxygen atoms in total. The van der Waals surface area contributed by atoms with Crippen LogP contribution in [0.4, 0.5) is 0 Å². The van der Waals surface area contributed by atoms with Crippen molar-refractivity contribution in [2.24, 2.45) is 5.92 Å². The van der Waals surface area contributed by atoms with Gasteiger partial charge in [-0.3, -0.25) is 0 Å². The van der Waals surface area contributed by atoms with Crippen LogP contribution < -0.4 is 5.32 Å². The molecule has 1 N–H and O–H groups in total. The maximum atomic E-state index is 12.7. The van der Waals surface area contributed by atoms with Crippen LogP contribution in [0.5, 0.6) is 0 Å². The molecule has 2 aliphatic rings. The van der Waals surface area contributed by atoms with Crippen molar-refractivity contribution in [3.63, 3.8) is 0 Å². The Kier molecular flexibility index (Phi) is 3.84. The first-order valence-corrected chi connectivity index (χ1v) is 8.88. The maximum Gasteiger partial charge on any atom is 0.243 e. The van der Waals surface area contributed by atoms with Crippen LogP contribution in [0, 0.1) is 5.92 Å². The van der Waals surface area contributed by atoms with E-state index in [2.05, 4.69) is 5.32 Å². The van der Waals surface area contributed by atoms with Gasteiger partial charge in [-0.2, -0.15) is 4.31 Å². The van der Waals surface area contributed by atoms with Gasteiger partial charge in [-0.25, -0.2) is 8.42 Å². The van der Waals surface area contributed by atoms with Crippen LogP contribution >= 0.6 is 0 Å². The standard InChI is InChI=1S/C15H22N2O2S/c1-2-17(11-12-4-3-5-12)20(18,19)15-7-6-13-9-16-10-14(13)8-15/h6-8,12,16H,2-5,9-11H2,1H3. The third-order valence-corrected chi connectivity index (χ3v) is 6.42. The van der Waals surface area contributed by atoms with Gasteiger partial charge in [-0.15, -0.1) is 0 Å². The molecule has 3 rings (SSSR count). The first-order valence-electron chi connectivity index (χ1n) is 7.44. The number of hydrogen-bond acceptors (Lipinski definition) is 3. The molecule has 0 atom stereocenters. The lowest BCUT2D eigenvalue weighted by atomic mass is 9.85. The second-order valence-corrected chi connectivity index (χ2v) is 7.72. The zero-order chi connectivity index (χ0) is 14.2. The van der Waals surface area contributed by atoms with Crippen molar-refractivity contribution in [1.82, 2.24) is 9.62 Å². The third kappa shape index (κ3) is 2.50. The van der Waals surface area contributed by atoms with Crippen LogP contribution in [0.2, 0.25) is 0 Å². The molecule has 1 aliphatic carbocycles. The number of nitrogens with zero attached hydrogens (tertiary/aromatic N) is 1. The Morgan fingerprint density at radius 3 is 2.65 bits per heavy atom. The molecular formula is C15H22N2O2S. The van der Waals surface area contributed by atoms with Gasteiger partial charge < -0.3 is 5.32 Å². The minimum absolute atomic E-state index is 0.445. The first kappa shape index (κ1) is 14.0. The van der Waals surface area contributed by atoms with Crippen molar-refractivity contribution in [2.45, 2.75) is 44.2 Å². The summed E-state index contributed by atoms with van der Waals surface area (Å²) in [4.78, 5) is 0.445. The molecule has 1 aromatic carbocycles. The number of fused-ring (bicyclic) bond motifs is 1. The normalized spacial score (nSPS) is 19.1. The molecule has 1 aliphatic heterocycles. The van der Waals surface area contributed by atoms with Crippen LogP contribution in [0.25, 0.3) is 0 Å². The smallest absolute Gasteiger partial charge is 0.243 e. The summed E-state index contributed by atoms with van der Waals surface area (Å²) in [5.74, 6) is 0.556. The van der Waals surface area contributed by atoms with Crippen molar-refractivity contribution in [3.05, 3.63) is 29.3 Å². The molecule has 0 saturated heterocycles. The predicted molar refractivity (Wildman–Crippen MR) is 78.8 cm³/mol. The van der Waals surface area contributed by atoms with Crippen LogP contribution in [0.1, 0.15) is 37.3 Å².